The Labute approximate surface area is 235 Å². The Hall–Kier alpha value is -4.26. The minimum atomic E-state index is -0.886. The number of hydrogen-bond donors (Lipinski definition) is 2. The van der Waals surface area contributed by atoms with Crippen molar-refractivity contribution in [2.45, 2.75) is 65.1 Å². The molecule has 7 heteroatoms. The van der Waals surface area contributed by atoms with Crippen molar-refractivity contribution in [2.75, 3.05) is 7.11 Å². The van der Waals surface area contributed by atoms with Gasteiger partial charge in [0.05, 0.1) is 25.3 Å². The molecule has 1 aliphatic rings. The fourth-order valence-corrected chi connectivity index (χ4v) is 4.89. The van der Waals surface area contributed by atoms with E-state index in [0.29, 0.717) is 22.6 Å². The number of carbonyl (C=O) groups excluding carboxylic acids is 2. The van der Waals surface area contributed by atoms with Crippen molar-refractivity contribution in [1.82, 2.24) is 4.90 Å². The second kappa shape index (κ2) is 10.7. The number of aromatic hydroxyl groups is 1. The van der Waals surface area contributed by atoms with E-state index in [2.05, 4.69) is 0 Å². The molecule has 0 aliphatic carbocycles. The number of methoxy groups -OCH3 is 1. The summed E-state index contributed by atoms with van der Waals surface area (Å²) < 4.78 is 11.7. The predicted molar refractivity (Wildman–Crippen MR) is 154 cm³/mol. The highest BCUT2D eigenvalue weighted by atomic mass is 16.5. The third-order valence-corrected chi connectivity index (χ3v) is 6.76. The number of carbonyl (C=O) groups is 2. The first-order chi connectivity index (χ1) is 18.7. The van der Waals surface area contributed by atoms with Gasteiger partial charge in [-0.25, -0.2) is 0 Å². The number of ketones is 1. The van der Waals surface area contributed by atoms with E-state index < -0.39 is 23.3 Å². The molecule has 0 radical (unpaired) electrons. The van der Waals surface area contributed by atoms with Gasteiger partial charge in [0.15, 0.2) is 0 Å². The van der Waals surface area contributed by atoms with Crippen LogP contribution in [-0.2, 0) is 21.5 Å². The van der Waals surface area contributed by atoms with Crippen molar-refractivity contribution in [3.63, 3.8) is 0 Å². The maximum absolute atomic E-state index is 13.6. The zero-order valence-corrected chi connectivity index (χ0v) is 24.1. The number of para-hydroxylation sites is 1. The zero-order valence-electron chi connectivity index (χ0n) is 24.1. The number of phenolic OH excluding ortho intramolecular Hbond substituents is 1. The topological polar surface area (TPSA) is 96.3 Å². The number of benzene rings is 3. The van der Waals surface area contributed by atoms with E-state index in [9.17, 15) is 19.8 Å². The quantitative estimate of drug-likeness (QED) is 0.209. The lowest BCUT2D eigenvalue weighted by atomic mass is 9.84. The molecule has 1 amide bonds. The lowest BCUT2D eigenvalue weighted by Crippen LogP contribution is -2.30. The van der Waals surface area contributed by atoms with Crippen LogP contribution >= 0.6 is 0 Å². The molecule has 2 N–H and O–H groups in total. The second-order valence-electron chi connectivity index (χ2n) is 12.0. The Morgan fingerprint density at radius 1 is 0.900 bits per heavy atom. The van der Waals surface area contributed by atoms with Crippen LogP contribution in [-0.4, -0.2) is 39.5 Å². The van der Waals surface area contributed by atoms with Crippen LogP contribution in [0.3, 0.4) is 0 Å². The minimum absolute atomic E-state index is 0.0186. The van der Waals surface area contributed by atoms with Gasteiger partial charge in [0.25, 0.3) is 11.7 Å². The van der Waals surface area contributed by atoms with Gasteiger partial charge in [-0.15, -0.1) is 0 Å². The number of phenols is 1. The minimum Gasteiger partial charge on any atom is -0.508 e. The summed E-state index contributed by atoms with van der Waals surface area (Å²) >= 11 is 0. The Bertz CT molecular complexity index is 1460. The smallest absolute Gasteiger partial charge is 0.295 e. The Kier molecular flexibility index (Phi) is 7.70. The van der Waals surface area contributed by atoms with Crippen LogP contribution in [0.5, 0.6) is 17.2 Å². The van der Waals surface area contributed by atoms with E-state index in [1.54, 1.807) is 37.4 Å². The molecule has 1 unspecified atom stereocenters. The van der Waals surface area contributed by atoms with Gasteiger partial charge in [-0.1, -0.05) is 51.1 Å². The van der Waals surface area contributed by atoms with Crippen LogP contribution in [0.4, 0.5) is 0 Å². The lowest BCUT2D eigenvalue weighted by molar-refractivity contribution is -0.140. The molecular weight excluding hydrogens is 506 g/mol. The first-order valence-corrected chi connectivity index (χ1v) is 13.2. The van der Waals surface area contributed by atoms with E-state index in [1.165, 1.54) is 17.0 Å². The number of ether oxygens (including phenoxy) is 2. The number of aliphatic hydroxyl groups excluding tert-OH is 1. The van der Waals surface area contributed by atoms with Crippen molar-refractivity contribution in [3.05, 3.63) is 94.6 Å². The fourth-order valence-electron chi connectivity index (χ4n) is 4.89. The van der Waals surface area contributed by atoms with Crippen LogP contribution in [0.25, 0.3) is 5.76 Å². The normalized spacial score (nSPS) is 17.3. The van der Waals surface area contributed by atoms with Gasteiger partial charge in [0.2, 0.25) is 0 Å². The van der Waals surface area contributed by atoms with Gasteiger partial charge in [-0.3, -0.25) is 9.59 Å². The van der Waals surface area contributed by atoms with E-state index >= 15 is 0 Å². The van der Waals surface area contributed by atoms with Crippen molar-refractivity contribution < 1.29 is 29.3 Å². The molecule has 1 saturated heterocycles. The summed E-state index contributed by atoms with van der Waals surface area (Å²) in [6.07, 6.45) is 0. The fraction of sp³-hybridized carbons (Fsp3) is 0.333. The van der Waals surface area contributed by atoms with Crippen LogP contribution in [0.15, 0.2) is 72.3 Å². The number of hydrogen-bond acceptors (Lipinski definition) is 6. The third-order valence-electron chi connectivity index (χ3n) is 6.76. The van der Waals surface area contributed by atoms with Crippen LogP contribution in [0, 0.1) is 0 Å². The highest BCUT2D eigenvalue weighted by Crippen LogP contribution is 2.42. The molecule has 0 bridgehead atoms. The summed E-state index contributed by atoms with van der Waals surface area (Å²) in [6.45, 7) is 12.0. The summed E-state index contributed by atoms with van der Waals surface area (Å²) in [4.78, 5) is 28.6. The summed E-state index contributed by atoms with van der Waals surface area (Å²) in [5.41, 5.74) is 1.77. The summed E-state index contributed by atoms with van der Waals surface area (Å²) in [5, 5.41) is 21.5. The molecule has 1 aliphatic heterocycles. The maximum atomic E-state index is 13.6. The zero-order chi connectivity index (χ0) is 29.4. The van der Waals surface area contributed by atoms with Crippen LogP contribution in [0.1, 0.15) is 69.8 Å². The Morgan fingerprint density at radius 2 is 1.55 bits per heavy atom. The number of Topliss-reactive ketones (excluding diaryl/α,β-unsaturated/α-hetero) is 1. The molecule has 1 atom stereocenters. The molecule has 0 saturated carbocycles. The average molecular weight is 544 g/mol. The first kappa shape index (κ1) is 28.7. The maximum Gasteiger partial charge on any atom is 0.295 e. The molecule has 210 valence electrons. The van der Waals surface area contributed by atoms with Gasteiger partial charge in [0, 0.05) is 16.7 Å². The van der Waals surface area contributed by atoms with Gasteiger partial charge in [-0.2, -0.15) is 0 Å². The molecule has 3 aromatic rings. The molecule has 4 rings (SSSR count). The molecule has 1 heterocycles. The summed E-state index contributed by atoms with van der Waals surface area (Å²) in [5.74, 6) is -0.463. The van der Waals surface area contributed by atoms with Crippen LogP contribution < -0.4 is 9.47 Å². The van der Waals surface area contributed by atoms with Crippen molar-refractivity contribution in [3.8, 4) is 17.2 Å². The molecule has 0 spiro atoms. The van der Waals surface area contributed by atoms with Gasteiger partial charge < -0.3 is 24.6 Å². The Balaban J connectivity index is 1.88. The molecule has 7 nitrogen and oxygen atoms in total. The molecular formula is C33H37NO6. The SMILES string of the molecule is COc1ccc(/C(O)=C2/C(=O)C(=O)N(Cc3ccccc3OC(C)(C)C)C2c2ccc(O)cc2)cc1C(C)(C)C. The van der Waals surface area contributed by atoms with Gasteiger partial charge in [0.1, 0.15) is 28.6 Å². The predicted octanol–water partition coefficient (Wildman–Crippen LogP) is 6.50. The number of likely N-dealkylation sites (tertiary alicyclic amines) is 1. The van der Waals surface area contributed by atoms with Gasteiger partial charge in [-0.05, 0) is 68.1 Å². The van der Waals surface area contributed by atoms with Crippen molar-refractivity contribution >= 4 is 17.4 Å². The highest BCUT2D eigenvalue weighted by Gasteiger charge is 2.46. The standard InChI is InChI=1S/C33H37NO6/c1-32(2,3)24-18-21(14-17-26(24)39-7)29(36)27-28(20-12-15-23(35)16-13-20)34(31(38)30(27)37)19-22-10-8-9-11-25(22)40-33(4,5)6/h8-18,28,35-36H,19H2,1-7H3/b29-27-. The molecule has 40 heavy (non-hydrogen) atoms. The first-order valence-electron chi connectivity index (χ1n) is 13.2. The lowest BCUT2D eigenvalue weighted by Gasteiger charge is -2.28. The molecule has 3 aromatic carbocycles. The average Bonchev–Trinajstić information content (AvgIpc) is 3.13. The van der Waals surface area contributed by atoms with E-state index in [0.717, 1.165) is 11.1 Å². The number of amides is 1. The van der Waals surface area contributed by atoms with E-state index in [4.69, 9.17) is 9.47 Å². The number of aliphatic hydroxyl groups is 1. The second-order valence-corrected chi connectivity index (χ2v) is 12.0. The summed E-state index contributed by atoms with van der Waals surface area (Å²) in [7, 11) is 1.58. The van der Waals surface area contributed by atoms with Crippen molar-refractivity contribution in [2.24, 2.45) is 0 Å². The van der Waals surface area contributed by atoms with E-state index in [-0.39, 0.29) is 29.0 Å². The molecule has 1 fully saturated rings. The number of nitrogens with zero attached hydrogens (tertiary/aromatic N) is 1. The molecule has 0 aromatic heterocycles. The monoisotopic (exact) mass is 543 g/mol. The van der Waals surface area contributed by atoms with Gasteiger partial charge >= 0.3 is 0 Å². The largest absolute Gasteiger partial charge is 0.508 e. The Morgan fingerprint density at radius 3 is 2.15 bits per heavy atom. The number of rotatable bonds is 6. The van der Waals surface area contributed by atoms with Crippen molar-refractivity contribution in [1.29, 1.82) is 0 Å². The highest BCUT2D eigenvalue weighted by molar-refractivity contribution is 6.46. The van der Waals surface area contributed by atoms with E-state index in [1.807, 2.05) is 65.8 Å². The third kappa shape index (κ3) is 5.83. The summed E-state index contributed by atoms with van der Waals surface area (Å²) in [6, 6.07) is 18.0. The van der Waals surface area contributed by atoms with Crippen LogP contribution in [0.2, 0.25) is 0 Å².